The number of ether oxygens (including phenoxy) is 1. The van der Waals surface area contributed by atoms with Crippen LogP contribution in [0.15, 0.2) is 35.5 Å². The monoisotopic (exact) mass is 357 g/mol. The van der Waals surface area contributed by atoms with Crippen LogP contribution in [0, 0.1) is 0 Å². The molecule has 0 aliphatic carbocycles. The predicted molar refractivity (Wildman–Crippen MR) is 78.9 cm³/mol. The highest BCUT2D eigenvalue weighted by Gasteiger charge is 2.45. The van der Waals surface area contributed by atoms with Crippen LogP contribution in [0.4, 0.5) is 22.8 Å². The van der Waals surface area contributed by atoms with Gasteiger partial charge in [0.25, 0.3) is 0 Å². The van der Waals surface area contributed by atoms with E-state index < -0.39 is 41.4 Å². The number of hydrogen-bond donors (Lipinski definition) is 2. The molecule has 10 heteroatoms. The molecule has 1 unspecified atom stereocenters. The number of carbonyl (C=O) groups excluding carboxylic acids is 3. The van der Waals surface area contributed by atoms with Crippen molar-refractivity contribution in [3.05, 3.63) is 46.7 Å². The van der Waals surface area contributed by atoms with Gasteiger partial charge < -0.3 is 15.8 Å². The second kappa shape index (κ2) is 6.46. The number of alkyl halides is 3. The first kappa shape index (κ1) is 18.3. The molecule has 0 saturated heterocycles. The molecule has 0 saturated carbocycles. The van der Waals surface area contributed by atoms with Crippen LogP contribution < -0.4 is 11.1 Å². The summed E-state index contributed by atoms with van der Waals surface area (Å²) in [5.74, 6) is -0.995. The van der Waals surface area contributed by atoms with Crippen molar-refractivity contribution in [3.63, 3.8) is 0 Å². The van der Waals surface area contributed by atoms with Crippen molar-refractivity contribution in [3.8, 4) is 0 Å². The lowest BCUT2D eigenvalue weighted by Gasteiger charge is -2.36. The van der Waals surface area contributed by atoms with Crippen molar-refractivity contribution in [2.24, 2.45) is 5.73 Å². The second-order valence-corrected chi connectivity index (χ2v) is 5.16. The highest BCUT2D eigenvalue weighted by Crippen LogP contribution is 2.41. The second-order valence-electron chi connectivity index (χ2n) is 5.16. The Hall–Kier alpha value is -3.04. The molecule has 1 heterocycles. The van der Waals surface area contributed by atoms with Crippen LogP contribution in [0.2, 0.25) is 0 Å². The molecule has 1 aromatic rings. The van der Waals surface area contributed by atoms with Crippen molar-refractivity contribution >= 4 is 18.0 Å². The number of nitrogens with one attached hydrogen (secondary N) is 1. The number of methoxy groups -OCH3 is 1. The van der Waals surface area contributed by atoms with Crippen molar-refractivity contribution in [2.75, 3.05) is 7.11 Å². The Morgan fingerprint density at radius 2 is 1.88 bits per heavy atom. The highest BCUT2D eigenvalue weighted by molar-refractivity contribution is 6.01. The van der Waals surface area contributed by atoms with Gasteiger partial charge in [-0.25, -0.2) is 19.3 Å². The van der Waals surface area contributed by atoms with Crippen LogP contribution in [0.1, 0.15) is 24.1 Å². The highest BCUT2D eigenvalue weighted by atomic mass is 19.4. The molecule has 134 valence electrons. The third-order valence-corrected chi connectivity index (χ3v) is 3.65. The van der Waals surface area contributed by atoms with E-state index in [1.165, 1.54) is 13.0 Å². The molecular weight excluding hydrogens is 343 g/mol. The Balaban J connectivity index is 2.80. The summed E-state index contributed by atoms with van der Waals surface area (Å²) >= 11 is 0. The van der Waals surface area contributed by atoms with E-state index in [4.69, 9.17) is 5.73 Å². The lowest BCUT2D eigenvalue weighted by molar-refractivity contribution is -0.140. The van der Waals surface area contributed by atoms with Gasteiger partial charge in [0, 0.05) is 5.70 Å². The van der Waals surface area contributed by atoms with Crippen LogP contribution in [0.3, 0.4) is 0 Å². The molecule has 4 amide bonds. The van der Waals surface area contributed by atoms with Crippen molar-refractivity contribution in [1.29, 1.82) is 0 Å². The van der Waals surface area contributed by atoms with Crippen LogP contribution >= 0.6 is 0 Å². The van der Waals surface area contributed by atoms with E-state index in [0.29, 0.717) is 4.90 Å². The van der Waals surface area contributed by atoms with Gasteiger partial charge in [-0.3, -0.25) is 0 Å². The number of hydrogen-bond acceptors (Lipinski definition) is 4. The number of halogens is 3. The normalized spacial score (nSPS) is 18.0. The largest absolute Gasteiger partial charge is 0.466 e. The van der Waals surface area contributed by atoms with Crippen LogP contribution in [-0.2, 0) is 15.7 Å². The molecule has 0 radical (unpaired) electrons. The molecule has 0 bridgehead atoms. The number of esters is 1. The molecule has 0 aromatic heterocycles. The number of amides is 4. The summed E-state index contributed by atoms with van der Waals surface area (Å²) in [5.41, 5.74) is 3.24. The Morgan fingerprint density at radius 3 is 2.40 bits per heavy atom. The number of imide groups is 1. The molecule has 0 spiro atoms. The summed E-state index contributed by atoms with van der Waals surface area (Å²) < 4.78 is 44.7. The molecule has 2 rings (SSSR count). The smallest absolute Gasteiger partial charge is 0.416 e. The minimum atomic E-state index is -4.77. The van der Waals surface area contributed by atoms with E-state index in [9.17, 15) is 27.6 Å². The minimum absolute atomic E-state index is 0.0312. The average molecular weight is 357 g/mol. The van der Waals surface area contributed by atoms with Gasteiger partial charge in [-0.15, -0.1) is 0 Å². The van der Waals surface area contributed by atoms with Crippen molar-refractivity contribution < 1.29 is 32.3 Å². The number of allylic oxidation sites excluding steroid dienone is 1. The fraction of sp³-hybridized carbons (Fsp3) is 0.267. The first-order valence-corrected chi connectivity index (χ1v) is 6.94. The number of urea groups is 2. The molecule has 1 atom stereocenters. The lowest BCUT2D eigenvalue weighted by Crippen LogP contribution is -2.53. The van der Waals surface area contributed by atoms with Gasteiger partial charge >= 0.3 is 24.2 Å². The third kappa shape index (κ3) is 3.28. The lowest BCUT2D eigenvalue weighted by atomic mass is 9.90. The number of carbonyl (C=O) groups is 3. The number of nitrogens with zero attached hydrogens (tertiary/aromatic N) is 1. The van der Waals surface area contributed by atoms with Crippen molar-refractivity contribution in [1.82, 2.24) is 10.2 Å². The minimum Gasteiger partial charge on any atom is -0.466 e. The fourth-order valence-electron chi connectivity index (χ4n) is 2.63. The van der Waals surface area contributed by atoms with Gasteiger partial charge in [-0.05, 0) is 18.6 Å². The van der Waals surface area contributed by atoms with Gasteiger partial charge in [-0.2, -0.15) is 13.2 Å². The van der Waals surface area contributed by atoms with Gasteiger partial charge in [0.1, 0.15) is 6.04 Å². The van der Waals surface area contributed by atoms with E-state index in [-0.39, 0.29) is 11.3 Å². The predicted octanol–water partition coefficient (Wildman–Crippen LogP) is 2.30. The first-order valence-electron chi connectivity index (χ1n) is 6.94. The number of primary amides is 1. The summed E-state index contributed by atoms with van der Waals surface area (Å²) in [7, 11) is 1.03. The maximum Gasteiger partial charge on any atom is 0.416 e. The zero-order chi connectivity index (χ0) is 18.9. The molecule has 7 nitrogen and oxygen atoms in total. The van der Waals surface area contributed by atoms with Gasteiger partial charge in [0.2, 0.25) is 0 Å². The van der Waals surface area contributed by atoms with Crippen LogP contribution in [-0.4, -0.2) is 30.0 Å². The van der Waals surface area contributed by atoms with E-state index in [2.05, 4.69) is 10.1 Å². The Labute approximate surface area is 140 Å². The van der Waals surface area contributed by atoms with E-state index >= 15 is 0 Å². The third-order valence-electron chi connectivity index (χ3n) is 3.65. The molecular formula is C15H14F3N3O4. The molecule has 1 aliphatic rings. The molecule has 3 N–H and O–H groups in total. The van der Waals surface area contributed by atoms with Gasteiger partial charge in [0.05, 0.1) is 18.2 Å². The summed E-state index contributed by atoms with van der Waals surface area (Å²) in [5, 5.41) is 2.22. The molecule has 0 fully saturated rings. The first-order chi connectivity index (χ1) is 11.6. The topological polar surface area (TPSA) is 102 Å². The number of benzene rings is 1. The number of nitrogens with two attached hydrogens (primary N) is 1. The SMILES string of the molecule is COC(=O)C1=C(C)NC(=O)N(C(N)=O)C1c1ccccc1C(F)(F)F. The number of rotatable bonds is 2. The fourth-order valence-corrected chi connectivity index (χ4v) is 2.63. The average Bonchev–Trinajstić information content (AvgIpc) is 2.52. The zero-order valence-corrected chi connectivity index (χ0v) is 13.2. The Kier molecular flexibility index (Phi) is 4.73. The van der Waals surface area contributed by atoms with Crippen molar-refractivity contribution in [2.45, 2.75) is 19.1 Å². The Bertz CT molecular complexity index is 774. The maximum atomic E-state index is 13.4. The summed E-state index contributed by atoms with van der Waals surface area (Å²) in [4.78, 5) is 36.3. The van der Waals surface area contributed by atoms with E-state index in [0.717, 1.165) is 25.3 Å². The maximum absolute atomic E-state index is 13.4. The van der Waals surface area contributed by atoms with Gasteiger partial charge in [-0.1, -0.05) is 18.2 Å². The summed E-state index contributed by atoms with van der Waals surface area (Å²) in [6, 6.07) is 0.270. The standard InChI is InChI=1S/C15H14F3N3O4/c1-7-10(12(22)25-2)11(21(13(19)23)14(24)20-7)8-5-3-4-6-9(8)15(16,17)18/h3-6,11H,1-2H3,(H2,19,23)(H,20,24). The zero-order valence-electron chi connectivity index (χ0n) is 13.2. The molecule has 1 aliphatic heterocycles. The summed E-state index contributed by atoms with van der Waals surface area (Å²) in [6.07, 6.45) is -4.77. The van der Waals surface area contributed by atoms with E-state index in [1.807, 2.05) is 0 Å². The van der Waals surface area contributed by atoms with Crippen LogP contribution in [0.5, 0.6) is 0 Å². The molecule has 25 heavy (non-hydrogen) atoms. The molecule has 1 aromatic carbocycles. The summed E-state index contributed by atoms with van der Waals surface area (Å²) in [6.45, 7) is 1.31. The van der Waals surface area contributed by atoms with Crippen LogP contribution in [0.25, 0.3) is 0 Å². The Morgan fingerprint density at radius 1 is 1.28 bits per heavy atom. The van der Waals surface area contributed by atoms with Gasteiger partial charge in [0.15, 0.2) is 0 Å². The van der Waals surface area contributed by atoms with E-state index in [1.54, 1.807) is 0 Å². The quantitative estimate of drug-likeness (QED) is 0.793.